The number of hydrogen-bond donors (Lipinski definition) is 1. The second-order valence-electron chi connectivity index (χ2n) is 4.73. The van der Waals surface area contributed by atoms with Gasteiger partial charge in [-0.15, -0.1) is 0 Å². The predicted octanol–water partition coefficient (Wildman–Crippen LogP) is 3.63. The Morgan fingerprint density at radius 1 is 1.11 bits per heavy atom. The smallest absolute Gasteiger partial charge is 0.130 e. The van der Waals surface area contributed by atoms with Gasteiger partial charge in [0.15, 0.2) is 0 Å². The van der Waals surface area contributed by atoms with E-state index in [1.807, 2.05) is 19.2 Å². The lowest BCUT2D eigenvalue weighted by atomic mass is 10.1. The van der Waals surface area contributed by atoms with E-state index < -0.39 is 0 Å². The second kappa shape index (κ2) is 5.74. The van der Waals surface area contributed by atoms with Gasteiger partial charge in [-0.2, -0.15) is 0 Å². The number of aryl methyl sites for hydroxylation is 2. The molecule has 0 bridgehead atoms. The van der Waals surface area contributed by atoms with E-state index in [4.69, 9.17) is 4.74 Å². The average molecular weight is 256 g/mol. The molecule has 1 heterocycles. The van der Waals surface area contributed by atoms with E-state index in [2.05, 4.69) is 43.2 Å². The minimum atomic E-state index is 0.487. The fourth-order valence-corrected chi connectivity index (χ4v) is 2.01. The Morgan fingerprint density at radius 3 is 2.58 bits per heavy atom. The van der Waals surface area contributed by atoms with Gasteiger partial charge in [0, 0.05) is 18.9 Å². The number of hydrogen-bond acceptors (Lipinski definition) is 3. The molecular formula is C16H20N2O. The standard InChI is InChI=1S/C16H20N2O/c1-11-5-6-12(2)16(13(11)3)19-10-15-9-14(17-4)7-8-18-15/h5-9H,10H2,1-4H3,(H,17,18). The number of nitrogens with one attached hydrogen (secondary N) is 1. The van der Waals surface area contributed by atoms with Gasteiger partial charge in [0.2, 0.25) is 0 Å². The van der Waals surface area contributed by atoms with Crippen LogP contribution in [0.5, 0.6) is 5.75 Å². The van der Waals surface area contributed by atoms with Crippen molar-refractivity contribution in [2.24, 2.45) is 0 Å². The van der Waals surface area contributed by atoms with Gasteiger partial charge in [0.05, 0.1) is 5.69 Å². The molecule has 0 saturated carbocycles. The lowest BCUT2D eigenvalue weighted by Gasteiger charge is -2.14. The summed E-state index contributed by atoms with van der Waals surface area (Å²) in [6.45, 7) is 6.75. The molecular weight excluding hydrogens is 236 g/mol. The number of nitrogens with zero attached hydrogens (tertiary/aromatic N) is 1. The number of benzene rings is 1. The number of anilines is 1. The zero-order valence-electron chi connectivity index (χ0n) is 11.9. The molecule has 3 heteroatoms. The van der Waals surface area contributed by atoms with Gasteiger partial charge in [0.25, 0.3) is 0 Å². The van der Waals surface area contributed by atoms with Gasteiger partial charge in [-0.05, 0) is 49.6 Å². The lowest BCUT2D eigenvalue weighted by Crippen LogP contribution is -2.02. The van der Waals surface area contributed by atoms with Gasteiger partial charge in [-0.1, -0.05) is 12.1 Å². The van der Waals surface area contributed by atoms with Gasteiger partial charge in [0.1, 0.15) is 12.4 Å². The maximum Gasteiger partial charge on any atom is 0.130 e. The molecule has 19 heavy (non-hydrogen) atoms. The van der Waals surface area contributed by atoms with Gasteiger partial charge in [-0.3, -0.25) is 4.98 Å². The van der Waals surface area contributed by atoms with E-state index in [-0.39, 0.29) is 0 Å². The van der Waals surface area contributed by atoms with Crippen molar-refractivity contribution in [3.05, 3.63) is 52.8 Å². The highest BCUT2D eigenvalue weighted by atomic mass is 16.5. The van der Waals surface area contributed by atoms with Crippen LogP contribution in [-0.4, -0.2) is 12.0 Å². The van der Waals surface area contributed by atoms with Crippen LogP contribution in [0.1, 0.15) is 22.4 Å². The molecule has 100 valence electrons. The summed E-state index contributed by atoms with van der Waals surface area (Å²) in [5.74, 6) is 0.969. The molecule has 3 nitrogen and oxygen atoms in total. The molecule has 0 aliphatic carbocycles. The number of aromatic nitrogens is 1. The molecule has 0 spiro atoms. The minimum Gasteiger partial charge on any atom is -0.487 e. The van der Waals surface area contributed by atoms with Crippen LogP contribution in [-0.2, 0) is 6.61 Å². The molecule has 0 fully saturated rings. The van der Waals surface area contributed by atoms with Crippen LogP contribution >= 0.6 is 0 Å². The summed E-state index contributed by atoms with van der Waals surface area (Å²) < 4.78 is 5.94. The monoisotopic (exact) mass is 256 g/mol. The molecule has 1 N–H and O–H groups in total. The zero-order chi connectivity index (χ0) is 13.8. The van der Waals surface area contributed by atoms with Crippen molar-refractivity contribution in [1.82, 2.24) is 4.98 Å². The number of pyridine rings is 1. The summed E-state index contributed by atoms with van der Waals surface area (Å²) >= 11 is 0. The Morgan fingerprint density at radius 2 is 1.84 bits per heavy atom. The maximum absolute atomic E-state index is 5.94. The van der Waals surface area contributed by atoms with Crippen molar-refractivity contribution < 1.29 is 4.74 Å². The molecule has 0 atom stereocenters. The average Bonchev–Trinajstić information content (AvgIpc) is 2.43. The van der Waals surface area contributed by atoms with E-state index in [1.54, 1.807) is 6.20 Å². The summed E-state index contributed by atoms with van der Waals surface area (Å²) in [6, 6.07) is 8.15. The van der Waals surface area contributed by atoms with Crippen molar-refractivity contribution in [3.8, 4) is 5.75 Å². The van der Waals surface area contributed by atoms with Crippen LogP contribution in [0.15, 0.2) is 30.5 Å². The van der Waals surface area contributed by atoms with Crippen molar-refractivity contribution in [2.75, 3.05) is 12.4 Å². The van der Waals surface area contributed by atoms with Crippen LogP contribution in [0.2, 0.25) is 0 Å². The normalized spacial score (nSPS) is 10.3. The molecule has 2 aromatic rings. The highest BCUT2D eigenvalue weighted by molar-refractivity contribution is 5.45. The van der Waals surface area contributed by atoms with E-state index in [1.165, 1.54) is 11.1 Å². The van der Waals surface area contributed by atoms with E-state index in [0.717, 1.165) is 22.7 Å². The quantitative estimate of drug-likeness (QED) is 0.907. The van der Waals surface area contributed by atoms with Crippen molar-refractivity contribution >= 4 is 5.69 Å². The summed E-state index contributed by atoms with van der Waals surface area (Å²) in [6.07, 6.45) is 1.79. The first-order valence-electron chi connectivity index (χ1n) is 6.44. The molecule has 0 amide bonds. The highest BCUT2D eigenvalue weighted by Gasteiger charge is 2.07. The van der Waals surface area contributed by atoms with Crippen LogP contribution < -0.4 is 10.1 Å². The predicted molar refractivity (Wildman–Crippen MR) is 78.8 cm³/mol. The Kier molecular flexibility index (Phi) is 4.05. The summed E-state index contributed by atoms with van der Waals surface area (Å²) in [5.41, 5.74) is 5.58. The van der Waals surface area contributed by atoms with E-state index in [0.29, 0.717) is 6.61 Å². The van der Waals surface area contributed by atoms with Crippen LogP contribution in [0.4, 0.5) is 5.69 Å². The highest BCUT2D eigenvalue weighted by Crippen LogP contribution is 2.26. The Hall–Kier alpha value is -2.03. The van der Waals surface area contributed by atoms with Crippen molar-refractivity contribution in [2.45, 2.75) is 27.4 Å². The number of rotatable bonds is 4. The lowest BCUT2D eigenvalue weighted by molar-refractivity contribution is 0.297. The topological polar surface area (TPSA) is 34.2 Å². The van der Waals surface area contributed by atoms with Crippen molar-refractivity contribution in [1.29, 1.82) is 0 Å². The van der Waals surface area contributed by atoms with Crippen molar-refractivity contribution in [3.63, 3.8) is 0 Å². The fraction of sp³-hybridized carbons (Fsp3) is 0.312. The first-order chi connectivity index (χ1) is 9.11. The molecule has 0 unspecified atom stereocenters. The molecule has 0 radical (unpaired) electrons. The minimum absolute atomic E-state index is 0.487. The summed E-state index contributed by atoms with van der Waals surface area (Å²) in [7, 11) is 1.90. The summed E-state index contributed by atoms with van der Waals surface area (Å²) in [4.78, 5) is 4.32. The van der Waals surface area contributed by atoms with Gasteiger partial charge < -0.3 is 10.1 Å². The molecule has 0 aliphatic heterocycles. The first kappa shape index (κ1) is 13.4. The second-order valence-corrected chi connectivity index (χ2v) is 4.73. The van der Waals surface area contributed by atoms with E-state index in [9.17, 15) is 0 Å². The van der Waals surface area contributed by atoms with Gasteiger partial charge in [-0.25, -0.2) is 0 Å². The van der Waals surface area contributed by atoms with Crippen LogP contribution in [0.3, 0.4) is 0 Å². The third-order valence-corrected chi connectivity index (χ3v) is 3.34. The third-order valence-electron chi connectivity index (χ3n) is 3.34. The zero-order valence-corrected chi connectivity index (χ0v) is 11.9. The first-order valence-corrected chi connectivity index (χ1v) is 6.44. The fourth-order valence-electron chi connectivity index (χ4n) is 2.01. The molecule has 0 saturated heterocycles. The molecule has 1 aromatic heterocycles. The molecule has 0 aliphatic rings. The Bertz CT molecular complexity index is 579. The van der Waals surface area contributed by atoms with Crippen LogP contribution in [0.25, 0.3) is 0 Å². The number of ether oxygens (including phenoxy) is 1. The van der Waals surface area contributed by atoms with Crippen LogP contribution in [0, 0.1) is 20.8 Å². The largest absolute Gasteiger partial charge is 0.487 e. The summed E-state index contributed by atoms with van der Waals surface area (Å²) in [5, 5.41) is 3.10. The molecule has 1 aromatic carbocycles. The molecule has 2 rings (SSSR count). The SMILES string of the molecule is CNc1ccnc(COc2c(C)ccc(C)c2C)c1. The third kappa shape index (κ3) is 3.05. The van der Waals surface area contributed by atoms with E-state index >= 15 is 0 Å². The van der Waals surface area contributed by atoms with Gasteiger partial charge >= 0.3 is 0 Å². The maximum atomic E-state index is 5.94. The Balaban J connectivity index is 2.16. The Labute approximate surface area is 114 Å².